The first-order chi connectivity index (χ1) is 11.4. The van der Waals surface area contributed by atoms with E-state index in [2.05, 4.69) is 4.99 Å². The summed E-state index contributed by atoms with van der Waals surface area (Å²) in [4.78, 5) is 3.53. The van der Waals surface area contributed by atoms with Gasteiger partial charge in [0.25, 0.3) is 0 Å². The topological polar surface area (TPSA) is 110 Å². The summed E-state index contributed by atoms with van der Waals surface area (Å²) >= 11 is 0. The normalized spacial score (nSPS) is 12.0. The molecule has 3 rings (SSSR count). The van der Waals surface area contributed by atoms with Gasteiger partial charge in [-0.2, -0.15) is 0 Å². The number of aliphatic imine (C=N–C) groups is 1. The van der Waals surface area contributed by atoms with Crippen LogP contribution in [0.1, 0.15) is 5.56 Å². The van der Waals surface area contributed by atoms with Gasteiger partial charge in [0.05, 0.1) is 4.90 Å². The Hall–Kier alpha value is -2.90. The summed E-state index contributed by atoms with van der Waals surface area (Å²) in [7, 11) is -4.65. The monoisotopic (exact) mass is 342 g/mol. The Morgan fingerprint density at radius 3 is 2.42 bits per heavy atom. The van der Waals surface area contributed by atoms with Crippen LogP contribution >= 0.6 is 0 Å². The highest BCUT2D eigenvalue weighted by Gasteiger charge is 2.08. The molecule has 122 valence electrons. The third kappa shape index (κ3) is 3.08. The maximum atomic E-state index is 11.1. The lowest BCUT2D eigenvalue weighted by atomic mass is 10.0. The number of hydrogen-bond donors (Lipinski definition) is 2. The third-order valence-electron chi connectivity index (χ3n) is 3.52. The maximum absolute atomic E-state index is 11.1. The summed E-state index contributed by atoms with van der Waals surface area (Å²) in [5.74, 6) is -0.289. The molecule has 0 aromatic heterocycles. The highest BCUT2D eigenvalue weighted by molar-refractivity contribution is 7.85. The Balaban J connectivity index is 2.11. The van der Waals surface area contributed by atoms with E-state index in [1.54, 1.807) is 18.2 Å². The first kappa shape index (κ1) is 16.0. The van der Waals surface area contributed by atoms with Crippen molar-refractivity contribution in [3.63, 3.8) is 0 Å². The Bertz CT molecular complexity index is 1060. The molecule has 7 heteroatoms. The van der Waals surface area contributed by atoms with Crippen molar-refractivity contribution in [3.05, 3.63) is 60.2 Å². The first-order valence-corrected chi connectivity index (χ1v) is 8.31. The van der Waals surface area contributed by atoms with Crippen molar-refractivity contribution in [2.45, 2.75) is 4.90 Å². The standard InChI is InChI=1S/C17H13NO5S/c19-16-7-5-11-3-1-2-4-13(11)14(16)10-18-15-9-12(24(21,22)23)6-8-17(15)20/h1-10,19-20H,(H,21,22,23)/p-1. The minimum absolute atomic E-state index is 0.00968. The molecule has 3 aromatic rings. The summed E-state index contributed by atoms with van der Waals surface area (Å²) in [6, 6.07) is 13.7. The minimum Gasteiger partial charge on any atom is -0.744 e. The molecule has 0 aliphatic carbocycles. The van der Waals surface area contributed by atoms with Gasteiger partial charge in [-0.15, -0.1) is 0 Å². The fourth-order valence-electron chi connectivity index (χ4n) is 2.32. The van der Waals surface area contributed by atoms with Gasteiger partial charge in [-0.1, -0.05) is 30.3 Å². The average Bonchev–Trinajstić information content (AvgIpc) is 2.54. The summed E-state index contributed by atoms with van der Waals surface area (Å²) in [6.45, 7) is 0. The predicted octanol–water partition coefficient (Wildman–Crippen LogP) is 2.91. The fourth-order valence-corrected chi connectivity index (χ4v) is 2.81. The number of phenols is 2. The van der Waals surface area contributed by atoms with Crippen molar-refractivity contribution in [3.8, 4) is 11.5 Å². The number of fused-ring (bicyclic) bond motifs is 1. The molecule has 24 heavy (non-hydrogen) atoms. The average molecular weight is 342 g/mol. The Kier molecular flexibility index (Phi) is 3.96. The zero-order valence-electron chi connectivity index (χ0n) is 12.2. The molecule has 0 radical (unpaired) electrons. The lowest BCUT2D eigenvalue weighted by Crippen LogP contribution is -1.97. The minimum atomic E-state index is -4.65. The largest absolute Gasteiger partial charge is 0.744 e. The van der Waals surface area contributed by atoms with E-state index in [0.29, 0.717) is 5.56 Å². The van der Waals surface area contributed by atoms with Crippen molar-refractivity contribution in [1.82, 2.24) is 0 Å². The molecule has 0 saturated heterocycles. The lowest BCUT2D eigenvalue weighted by molar-refractivity contribution is 0.461. The van der Waals surface area contributed by atoms with Crippen molar-refractivity contribution >= 4 is 32.8 Å². The van der Waals surface area contributed by atoms with E-state index in [9.17, 15) is 23.2 Å². The van der Waals surface area contributed by atoms with Gasteiger partial charge in [0, 0.05) is 11.8 Å². The van der Waals surface area contributed by atoms with Gasteiger partial charge in [-0.25, -0.2) is 8.42 Å². The molecule has 0 amide bonds. The van der Waals surface area contributed by atoms with Crippen LogP contribution in [0.3, 0.4) is 0 Å². The molecule has 0 bridgehead atoms. The molecule has 0 aliphatic rings. The zero-order valence-corrected chi connectivity index (χ0v) is 13.1. The SMILES string of the molecule is O=S(=O)([O-])c1ccc(O)c(N=Cc2c(O)ccc3ccccc23)c1. The number of hydrogen-bond acceptors (Lipinski definition) is 6. The number of benzene rings is 3. The van der Waals surface area contributed by atoms with Crippen molar-refractivity contribution in [1.29, 1.82) is 0 Å². The van der Waals surface area contributed by atoms with Crippen LogP contribution in [0.5, 0.6) is 11.5 Å². The molecular formula is C17H12NO5S-. The van der Waals surface area contributed by atoms with Crippen LogP contribution in [0.15, 0.2) is 64.5 Å². The van der Waals surface area contributed by atoms with Gasteiger partial charge >= 0.3 is 0 Å². The van der Waals surface area contributed by atoms with E-state index in [-0.39, 0.29) is 17.2 Å². The summed E-state index contributed by atoms with van der Waals surface area (Å²) < 4.78 is 33.2. The van der Waals surface area contributed by atoms with Crippen LogP contribution in [-0.2, 0) is 10.1 Å². The fraction of sp³-hybridized carbons (Fsp3) is 0. The Labute approximate surface area is 138 Å². The van der Waals surface area contributed by atoms with Crippen LogP contribution in [0.25, 0.3) is 10.8 Å². The second-order valence-electron chi connectivity index (χ2n) is 5.08. The third-order valence-corrected chi connectivity index (χ3v) is 4.35. The van der Waals surface area contributed by atoms with E-state index < -0.39 is 15.0 Å². The molecule has 0 atom stereocenters. The van der Waals surface area contributed by atoms with E-state index in [1.165, 1.54) is 12.3 Å². The Morgan fingerprint density at radius 1 is 0.958 bits per heavy atom. The van der Waals surface area contributed by atoms with Crippen LogP contribution in [-0.4, -0.2) is 29.4 Å². The van der Waals surface area contributed by atoms with Crippen LogP contribution in [0.4, 0.5) is 5.69 Å². The van der Waals surface area contributed by atoms with Gasteiger partial charge in [0.2, 0.25) is 0 Å². The molecular weight excluding hydrogens is 330 g/mol. The van der Waals surface area contributed by atoms with E-state index in [4.69, 9.17) is 0 Å². The van der Waals surface area contributed by atoms with Crippen LogP contribution in [0, 0.1) is 0 Å². The molecule has 0 unspecified atom stereocenters. The number of aromatic hydroxyl groups is 2. The van der Waals surface area contributed by atoms with Crippen molar-refractivity contribution in [2.24, 2.45) is 4.99 Å². The van der Waals surface area contributed by atoms with Gasteiger partial charge < -0.3 is 14.8 Å². The number of rotatable bonds is 3. The van der Waals surface area contributed by atoms with E-state index >= 15 is 0 Å². The second kappa shape index (κ2) is 5.95. The van der Waals surface area contributed by atoms with E-state index in [0.717, 1.165) is 29.0 Å². The molecule has 2 N–H and O–H groups in total. The summed E-state index contributed by atoms with van der Waals surface area (Å²) in [6.07, 6.45) is 1.31. The molecule has 6 nitrogen and oxygen atoms in total. The summed E-state index contributed by atoms with van der Waals surface area (Å²) in [5.41, 5.74) is 0.335. The molecule has 0 heterocycles. The van der Waals surface area contributed by atoms with Crippen molar-refractivity contribution < 1.29 is 23.2 Å². The van der Waals surface area contributed by atoms with Crippen molar-refractivity contribution in [2.75, 3.05) is 0 Å². The lowest BCUT2D eigenvalue weighted by Gasteiger charge is -2.08. The van der Waals surface area contributed by atoms with Gasteiger partial charge in [-0.05, 0) is 35.0 Å². The highest BCUT2D eigenvalue weighted by atomic mass is 32.2. The van der Waals surface area contributed by atoms with Gasteiger partial charge in [0.15, 0.2) is 0 Å². The smallest absolute Gasteiger partial charge is 0.141 e. The molecule has 0 spiro atoms. The molecule has 0 saturated carbocycles. The molecule has 0 fully saturated rings. The highest BCUT2D eigenvalue weighted by Crippen LogP contribution is 2.31. The quantitative estimate of drug-likeness (QED) is 0.562. The first-order valence-electron chi connectivity index (χ1n) is 6.90. The second-order valence-corrected chi connectivity index (χ2v) is 6.46. The number of nitrogens with zero attached hydrogens (tertiary/aromatic N) is 1. The van der Waals surface area contributed by atoms with Crippen LogP contribution < -0.4 is 0 Å². The van der Waals surface area contributed by atoms with Gasteiger partial charge in [-0.3, -0.25) is 4.99 Å². The maximum Gasteiger partial charge on any atom is 0.141 e. The predicted molar refractivity (Wildman–Crippen MR) is 88.9 cm³/mol. The number of phenolic OH excluding ortho intramolecular Hbond substituents is 2. The Morgan fingerprint density at radius 2 is 1.67 bits per heavy atom. The van der Waals surface area contributed by atoms with Gasteiger partial charge in [0.1, 0.15) is 27.3 Å². The zero-order chi connectivity index (χ0) is 17.3. The van der Waals surface area contributed by atoms with E-state index in [1.807, 2.05) is 12.1 Å². The summed E-state index contributed by atoms with van der Waals surface area (Å²) in [5, 5.41) is 21.5. The molecule has 0 aliphatic heterocycles. The van der Waals surface area contributed by atoms with Crippen LogP contribution in [0.2, 0.25) is 0 Å². The molecule has 3 aromatic carbocycles.